The number of aliphatic hydroxyl groups excluding tert-OH is 1. The van der Waals surface area contributed by atoms with E-state index in [-0.39, 0.29) is 11.3 Å². The van der Waals surface area contributed by atoms with E-state index < -0.39 is 18.7 Å². The summed E-state index contributed by atoms with van der Waals surface area (Å²) in [5.74, 6) is -0.471. The Bertz CT molecular complexity index is 379. The summed E-state index contributed by atoms with van der Waals surface area (Å²) in [6.07, 6.45) is -3.93. The molecule has 0 saturated heterocycles. The van der Waals surface area contributed by atoms with Crippen molar-refractivity contribution in [1.82, 2.24) is 4.98 Å². The first-order valence-electron chi connectivity index (χ1n) is 4.28. The summed E-state index contributed by atoms with van der Waals surface area (Å²) in [4.78, 5) is 3.68. The van der Waals surface area contributed by atoms with Gasteiger partial charge < -0.3 is 14.6 Å². The van der Waals surface area contributed by atoms with Crippen molar-refractivity contribution in [1.29, 1.82) is 0 Å². The van der Waals surface area contributed by atoms with E-state index in [0.29, 0.717) is 5.69 Å². The molecule has 1 N–H and O–H groups in total. The second kappa shape index (κ2) is 4.56. The van der Waals surface area contributed by atoms with Gasteiger partial charge in [0.2, 0.25) is 0 Å². The number of methoxy groups -OCH3 is 1. The maximum absolute atomic E-state index is 12.0. The zero-order valence-corrected chi connectivity index (χ0v) is 8.63. The molecule has 0 aliphatic rings. The molecule has 0 unspecified atom stereocenters. The molecular formula is C9H10F3NO3. The normalized spacial score (nSPS) is 11.4. The van der Waals surface area contributed by atoms with E-state index in [2.05, 4.69) is 9.72 Å². The second-order valence-electron chi connectivity index (χ2n) is 2.93. The predicted molar refractivity (Wildman–Crippen MR) is 48.1 cm³/mol. The minimum absolute atomic E-state index is 0.0766. The Hall–Kier alpha value is -1.50. The van der Waals surface area contributed by atoms with Gasteiger partial charge in [-0.15, -0.1) is 13.2 Å². The maximum Gasteiger partial charge on any atom is 0.573 e. The molecule has 0 amide bonds. The highest BCUT2D eigenvalue weighted by atomic mass is 19.4. The molecule has 0 atom stereocenters. The number of aliphatic hydroxyl groups is 1. The monoisotopic (exact) mass is 237 g/mol. The van der Waals surface area contributed by atoms with Crippen molar-refractivity contribution < 1.29 is 27.8 Å². The largest absolute Gasteiger partial charge is 0.573 e. The topological polar surface area (TPSA) is 51.6 Å². The Morgan fingerprint density at radius 2 is 2.06 bits per heavy atom. The Morgan fingerprint density at radius 1 is 1.44 bits per heavy atom. The number of pyridine rings is 1. The summed E-state index contributed by atoms with van der Waals surface area (Å²) < 4.78 is 44.6. The molecule has 4 nitrogen and oxygen atoms in total. The van der Waals surface area contributed by atoms with Gasteiger partial charge in [-0.1, -0.05) is 0 Å². The molecule has 0 aliphatic heterocycles. The van der Waals surface area contributed by atoms with Crippen LogP contribution in [-0.2, 0) is 6.61 Å². The minimum atomic E-state index is -4.83. The first-order valence-corrected chi connectivity index (χ1v) is 4.28. The van der Waals surface area contributed by atoms with Crippen LogP contribution in [0, 0.1) is 6.92 Å². The Labute approximate surface area is 89.6 Å². The van der Waals surface area contributed by atoms with E-state index in [1.165, 1.54) is 7.11 Å². The number of hydrogen-bond acceptors (Lipinski definition) is 4. The van der Waals surface area contributed by atoms with Gasteiger partial charge in [-0.05, 0) is 6.92 Å². The van der Waals surface area contributed by atoms with Crippen molar-refractivity contribution in [2.75, 3.05) is 7.11 Å². The lowest BCUT2D eigenvalue weighted by Crippen LogP contribution is -2.18. The highest BCUT2D eigenvalue weighted by Gasteiger charge is 2.33. The number of rotatable bonds is 3. The van der Waals surface area contributed by atoms with Gasteiger partial charge in [0, 0.05) is 0 Å². The fourth-order valence-corrected chi connectivity index (χ4v) is 1.26. The number of alkyl halides is 3. The average molecular weight is 237 g/mol. The third-order valence-corrected chi connectivity index (χ3v) is 1.86. The van der Waals surface area contributed by atoms with Crippen LogP contribution in [0.25, 0.3) is 0 Å². The van der Waals surface area contributed by atoms with E-state index in [1.54, 1.807) is 6.92 Å². The highest BCUT2D eigenvalue weighted by molar-refractivity contribution is 5.45. The van der Waals surface area contributed by atoms with Crippen molar-refractivity contribution in [3.8, 4) is 11.5 Å². The summed E-state index contributed by atoms with van der Waals surface area (Å²) in [7, 11) is 1.28. The number of nitrogens with zero attached hydrogens (tertiary/aromatic N) is 1. The molecule has 7 heteroatoms. The van der Waals surface area contributed by atoms with Crippen molar-refractivity contribution in [3.05, 3.63) is 17.5 Å². The van der Waals surface area contributed by atoms with Gasteiger partial charge in [-0.3, -0.25) is 4.98 Å². The van der Waals surface area contributed by atoms with Crippen molar-refractivity contribution in [2.45, 2.75) is 19.9 Å². The molecule has 0 aromatic carbocycles. The standard InChI is InChI=1S/C9H10F3NO3/c1-5-8(15-2)6(4-14)7(3-13-5)16-9(10,11)12/h3,14H,4H2,1-2H3. The first-order chi connectivity index (χ1) is 7.39. The van der Waals surface area contributed by atoms with Gasteiger partial charge in [-0.25, -0.2) is 0 Å². The first kappa shape index (κ1) is 12.6. The van der Waals surface area contributed by atoms with Gasteiger partial charge >= 0.3 is 6.36 Å². The van der Waals surface area contributed by atoms with Crippen molar-refractivity contribution in [2.24, 2.45) is 0 Å². The number of aryl methyl sites for hydroxylation is 1. The fourth-order valence-electron chi connectivity index (χ4n) is 1.26. The highest BCUT2D eigenvalue weighted by Crippen LogP contribution is 2.33. The van der Waals surface area contributed by atoms with Crippen LogP contribution >= 0.6 is 0 Å². The third-order valence-electron chi connectivity index (χ3n) is 1.86. The molecular weight excluding hydrogens is 227 g/mol. The molecule has 1 aromatic rings. The molecule has 0 fully saturated rings. The number of hydrogen-bond donors (Lipinski definition) is 1. The van der Waals surface area contributed by atoms with Crippen LogP contribution in [0.1, 0.15) is 11.3 Å². The summed E-state index contributed by atoms with van der Waals surface area (Å²) in [5, 5.41) is 9.00. The average Bonchev–Trinajstić information content (AvgIpc) is 2.18. The Balaban J connectivity index is 3.19. The molecule has 16 heavy (non-hydrogen) atoms. The van der Waals surface area contributed by atoms with Gasteiger partial charge in [0.05, 0.1) is 31.2 Å². The molecule has 90 valence electrons. The number of aromatic nitrogens is 1. The third kappa shape index (κ3) is 2.75. The van der Waals surface area contributed by atoms with Crippen LogP contribution in [-0.4, -0.2) is 23.6 Å². The molecule has 1 aromatic heterocycles. The quantitative estimate of drug-likeness (QED) is 0.870. The minimum Gasteiger partial charge on any atom is -0.494 e. The van der Waals surface area contributed by atoms with E-state index in [1.807, 2.05) is 0 Å². The predicted octanol–water partition coefficient (Wildman–Crippen LogP) is 1.79. The van der Waals surface area contributed by atoms with E-state index in [9.17, 15) is 13.2 Å². The van der Waals surface area contributed by atoms with E-state index in [4.69, 9.17) is 9.84 Å². The summed E-state index contributed by atoms with van der Waals surface area (Å²) >= 11 is 0. The smallest absolute Gasteiger partial charge is 0.494 e. The zero-order chi connectivity index (χ0) is 12.3. The lowest BCUT2D eigenvalue weighted by Gasteiger charge is -2.15. The van der Waals surface area contributed by atoms with E-state index >= 15 is 0 Å². The Morgan fingerprint density at radius 3 is 2.50 bits per heavy atom. The molecule has 0 spiro atoms. The number of ether oxygens (including phenoxy) is 2. The fraction of sp³-hybridized carbons (Fsp3) is 0.444. The van der Waals surface area contributed by atoms with Crippen LogP contribution in [0.2, 0.25) is 0 Å². The second-order valence-corrected chi connectivity index (χ2v) is 2.93. The SMILES string of the molecule is COc1c(C)ncc(OC(F)(F)F)c1CO. The summed E-state index contributed by atoms with van der Waals surface area (Å²) in [5.41, 5.74) is 0.299. The van der Waals surface area contributed by atoms with Crippen LogP contribution in [0.3, 0.4) is 0 Å². The molecule has 0 saturated carbocycles. The summed E-state index contributed by atoms with van der Waals surface area (Å²) in [6.45, 7) is 0.924. The van der Waals surface area contributed by atoms with Gasteiger partial charge in [0.1, 0.15) is 5.75 Å². The van der Waals surface area contributed by atoms with Crippen LogP contribution in [0.4, 0.5) is 13.2 Å². The zero-order valence-electron chi connectivity index (χ0n) is 8.63. The molecule has 0 aliphatic carbocycles. The van der Waals surface area contributed by atoms with Crippen LogP contribution in [0.15, 0.2) is 6.20 Å². The molecule has 0 radical (unpaired) electrons. The molecule has 1 rings (SSSR count). The molecule has 1 heterocycles. The van der Waals surface area contributed by atoms with Gasteiger partial charge in [0.25, 0.3) is 0 Å². The van der Waals surface area contributed by atoms with E-state index in [0.717, 1.165) is 6.20 Å². The van der Waals surface area contributed by atoms with Crippen molar-refractivity contribution in [3.63, 3.8) is 0 Å². The maximum atomic E-state index is 12.0. The number of halogens is 3. The van der Waals surface area contributed by atoms with Crippen molar-refractivity contribution >= 4 is 0 Å². The lowest BCUT2D eigenvalue weighted by atomic mass is 10.2. The van der Waals surface area contributed by atoms with Crippen LogP contribution < -0.4 is 9.47 Å². The molecule has 0 bridgehead atoms. The van der Waals surface area contributed by atoms with Crippen LogP contribution in [0.5, 0.6) is 11.5 Å². The van der Waals surface area contributed by atoms with Gasteiger partial charge in [-0.2, -0.15) is 0 Å². The summed E-state index contributed by atoms with van der Waals surface area (Å²) in [6, 6.07) is 0. The van der Waals surface area contributed by atoms with Gasteiger partial charge in [0.15, 0.2) is 5.75 Å². The lowest BCUT2D eigenvalue weighted by molar-refractivity contribution is -0.275. The Kier molecular flexibility index (Phi) is 3.58.